The van der Waals surface area contributed by atoms with E-state index in [4.69, 9.17) is 0 Å². The van der Waals surface area contributed by atoms with Gasteiger partial charge in [0.15, 0.2) is 0 Å². The Balaban J connectivity index is -0.00000200. The van der Waals surface area contributed by atoms with Crippen LogP contribution in [-0.2, 0) is 9.59 Å². The number of aliphatic carboxylic acids is 2. The van der Waals surface area contributed by atoms with Gasteiger partial charge in [0.1, 0.15) is 0 Å². The summed E-state index contributed by atoms with van der Waals surface area (Å²) in [5, 5.41) is 22.5. The Hall–Kier alpha value is 1.58. The minimum absolute atomic E-state index is 0. The smallest absolute Gasteiger partial charge is 0.549 e. The topological polar surface area (TPSA) is 80.3 Å². The summed E-state index contributed by atoms with van der Waals surface area (Å²) in [6.07, 6.45) is 9.98. The van der Waals surface area contributed by atoms with E-state index in [1.165, 1.54) is 32.1 Å². The summed E-state index contributed by atoms with van der Waals surface area (Å²) < 4.78 is 0. The van der Waals surface area contributed by atoms with Gasteiger partial charge in [0.25, 0.3) is 0 Å². The first-order valence-electron chi connectivity index (χ1n) is 8.32. The van der Waals surface area contributed by atoms with Gasteiger partial charge < -0.3 is 19.8 Å². The van der Waals surface area contributed by atoms with E-state index in [-0.39, 0.29) is 87.4 Å². The molecule has 0 aliphatic heterocycles. The zero-order valence-corrected chi connectivity index (χ0v) is 20.9. The van der Waals surface area contributed by atoms with Crippen LogP contribution in [0.2, 0.25) is 0 Å². The Bertz CT molecular complexity index is 308. The molecule has 0 fully saturated rings. The predicted octanol–water partition coefficient (Wildman–Crippen LogP) is -3.94. The van der Waals surface area contributed by atoms with Crippen LogP contribution in [0.25, 0.3) is 0 Å². The van der Waals surface area contributed by atoms with Crippen molar-refractivity contribution in [1.29, 1.82) is 0 Å². The summed E-state index contributed by atoms with van der Waals surface area (Å²) in [6, 6.07) is 0. The molecule has 6 heteroatoms. The predicted molar refractivity (Wildman–Crippen MR) is 79.1 cm³/mol. The third kappa shape index (κ3) is 11.0. The zero-order valence-electron chi connectivity index (χ0n) is 15.8. The average molecular weight is 361 g/mol. The molecule has 0 bridgehead atoms. The molecule has 0 radical (unpaired) electrons. The van der Waals surface area contributed by atoms with Crippen molar-refractivity contribution in [3.8, 4) is 0 Å². The van der Waals surface area contributed by atoms with E-state index in [0.717, 1.165) is 19.3 Å². The fourth-order valence-corrected chi connectivity index (χ4v) is 2.76. The number of hydrogen-bond donors (Lipinski definition) is 0. The molecule has 0 rings (SSSR count). The minimum atomic E-state index is -1.85. The summed E-state index contributed by atoms with van der Waals surface area (Å²) in [5.41, 5.74) is -1.85. The van der Waals surface area contributed by atoms with Crippen LogP contribution < -0.4 is 91.2 Å². The number of carboxylic acids is 2. The van der Waals surface area contributed by atoms with E-state index in [1.807, 2.05) is 0 Å². The maximum absolute atomic E-state index is 11.2. The molecule has 0 heterocycles. The van der Waals surface area contributed by atoms with E-state index in [2.05, 4.69) is 6.92 Å². The molecule has 0 aliphatic carbocycles. The Kier molecular flexibility index (Phi) is 21.7. The standard InChI is InChI=1S/C17H32O4.K.Na/c1-4-5-6-7-8-9-10-11-12-13-17(14(2)3,15(18)19)16(20)21;;/h14H,4-13H2,1-3H3,(H,18,19)(H,20,21);;/q;2*+1/p-2. The molecule has 0 amide bonds. The molecular weight excluding hydrogens is 330 g/mol. The molecule has 0 aromatic rings. The zero-order chi connectivity index (χ0) is 16.3. The molecule has 0 aromatic heterocycles. The van der Waals surface area contributed by atoms with Gasteiger partial charge in [-0.05, 0) is 12.3 Å². The summed E-state index contributed by atoms with van der Waals surface area (Å²) in [7, 11) is 0. The van der Waals surface area contributed by atoms with Crippen LogP contribution in [0.3, 0.4) is 0 Å². The van der Waals surface area contributed by atoms with Crippen LogP contribution in [0.15, 0.2) is 0 Å². The van der Waals surface area contributed by atoms with Crippen LogP contribution in [0.4, 0.5) is 0 Å². The molecular formula is C17H30KNaO4. The van der Waals surface area contributed by atoms with Crippen molar-refractivity contribution >= 4 is 11.9 Å². The van der Waals surface area contributed by atoms with Crippen LogP contribution in [-0.4, -0.2) is 11.9 Å². The second-order valence-electron chi connectivity index (χ2n) is 6.28. The molecule has 0 aliphatic rings. The summed E-state index contributed by atoms with van der Waals surface area (Å²) in [6.45, 7) is 5.38. The quantitative estimate of drug-likeness (QED) is 0.191. The maximum Gasteiger partial charge on any atom is 1.00 e. The van der Waals surface area contributed by atoms with Gasteiger partial charge in [0, 0.05) is 0 Å². The average Bonchev–Trinajstić information content (AvgIpc) is 2.39. The van der Waals surface area contributed by atoms with Crippen molar-refractivity contribution in [1.82, 2.24) is 0 Å². The largest absolute Gasteiger partial charge is 1.00 e. The number of rotatable bonds is 13. The van der Waals surface area contributed by atoms with E-state index >= 15 is 0 Å². The molecule has 0 saturated heterocycles. The Morgan fingerprint density at radius 2 is 1.17 bits per heavy atom. The van der Waals surface area contributed by atoms with Gasteiger partial charge in [-0.3, -0.25) is 0 Å². The van der Waals surface area contributed by atoms with E-state index in [0.29, 0.717) is 6.42 Å². The number of unbranched alkanes of at least 4 members (excludes halogenated alkanes) is 8. The van der Waals surface area contributed by atoms with Crippen molar-refractivity contribution in [2.24, 2.45) is 11.3 Å². The van der Waals surface area contributed by atoms with Gasteiger partial charge in [-0.15, -0.1) is 0 Å². The Morgan fingerprint density at radius 3 is 1.48 bits per heavy atom. The van der Waals surface area contributed by atoms with Gasteiger partial charge in [-0.25, -0.2) is 0 Å². The first-order valence-corrected chi connectivity index (χ1v) is 8.32. The molecule has 0 unspecified atom stereocenters. The third-order valence-electron chi connectivity index (χ3n) is 4.39. The van der Waals surface area contributed by atoms with Crippen molar-refractivity contribution in [2.75, 3.05) is 0 Å². The van der Waals surface area contributed by atoms with Gasteiger partial charge >= 0.3 is 80.9 Å². The van der Waals surface area contributed by atoms with E-state index in [9.17, 15) is 19.8 Å². The number of carbonyl (C=O) groups excluding carboxylic acids is 2. The molecule has 0 atom stereocenters. The molecule has 23 heavy (non-hydrogen) atoms. The van der Waals surface area contributed by atoms with Crippen LogP contribution >= 0.6 is 0 Å². The maximum atomic E-state index is 11.2. The van der Waals surface area contributed by atoms with Crippen molar-refractivity contribution in [3.63, 3.8) is 0 Å². The summed E-state index contributed by atoms with van der Waals surface area (Å²) in [4.78, 5) is 22.5. The van der Waals surface area contributed by atoms with Crippen LogP contribution in [0.5, 0.6) is 0 Å². The van der Waals surface area contributed by atoms with Gasteiger partial charge in [0.05, 0.1) is 17.4 Å². The Labute approximate surface area is 206 Å². The molecule has 4 nitrogen and oxygen atoms in total. The molecule has 0 spiro atoms. The second-order valence-corrected chi connectivity index (χ2v) is 6.28. The van der Waals surface area contributed by atoms with E-state index in [1.54, 1.807) is 13.8 Å². The number of carbonyl (C=O) groups is 2. The SMILES string of the molecule is CCCCCCCCCCCC(C(=O)[O-])(C(=O)[O-])C(C)C.[K+].[Na+]. The van der Waals surface area contributed by atoms with Crippen molar-refractivity contribution in [2.45, 2.75) is 85.0 Å². The first-order chi connectivity index (χ1) is 9.89. The third-order valence-corrected chi connectivity index (χ3v) is 4.39. The normalized spacial score (nSPS) is 10.8. The van der Waals surface area contributed by atoms with Gasteiger partial charge in [-0.1, -0.05) is 78.6 Å². The molecule has 0 saturated carbocycles. The minimum Gasteiger partial charge on any atom is -0.549 e. The summed E-state index contributed by atoms with van der Waals surface area (Å²) in [5.74, 6) is -3.56. The van der Waals surface area contributed by atoms with Crippen LogP contribution in [0, 0.1) is 11.3 Å². The summed E-state index contributed by atoms with van der Waals surface area (Å²) >= 11 is 0. The second kappa shape index (κ2) is 17.0. The Morgan fingerprint density at radius 1 is 0.826 bits per heavy atom. The van der Waals surface area contributed by atoms with E-state index < -0.39 is 23.3 Å². The van der Waals surface area contributed by atoms with Crippen molar-refractivity contribution < 1.29 is 101 Å². The monoisotopic (exact) mass is 360 g/mol. The van der Waals surface area contributed by atoms with Crippen LogP contribution in [0.1, 0.15) is 85.0 Å². The molecule has 0 aromatic carbocycles. The first kappa shape index (κ1) is 29.3. The fraction of sp³-hybridized carbons (Fsp3) is 0.882. The van der Waals surface area contributed by atoms with Gasteiger partial charge in [0.2, 0.25) is 0 Å². The van der Waals surface area contributed by atoms with Gasteiger partial charge in [-0.2, -0.15) is 0 Å². The van der Waals surface area contributed by atoms with Crippen molar-refractivity contribution in [3.05, 3.63) is 0 Å². The molecule has 124 valence electrons. The molecule has 0 N–H and O–H groups in total. The fourth-order valence-electron chi connectivity index (χ4n) is 2.76. The number of carboxylic acid groups (broad SMARTS) is 2. The number of hydrogen-bond acceptors (Lipinski definition) is 4.